The van der Waals surface area contributed by atoms with Crippen LogP contribution >= 0.6 is 15.6 Å². The summed E-state index contributed by atoms with van der Waals surface area (Å²) in [6, 6.07) is 0. The number of rotatable bonds is 75. The van der Waals surface area contributed by atoms with Gasteiger partial charge in [0.1, 0.15) is 19.3 Å². The Balaban J connectivity index is 5.19. The largest absolute Gasteiger partial charge is 0.472 e. The van der Waals surface area contributed by atoms with Crippen LogP contribution in [0.2, 0.25) is 0 Å². The highest BCUT2D eigenvalue weighted by Gasteiger charge is 2.30. The van der Waals surface area contributed by atoms with Gasteiger partial charge in [0.05, 0.1) is 26.4 Å². The molecule has 0 aliphatic carbocycles. The lowest BCUT2D eigenvalue weighted by Gasteiger charge is -2.21. The number of unbranched alkanes of at least 4 members (excludes halogenated alkanes) is 46. The third kappa shape index (κ3) is 67.3. The summed E-state index contributed by atoms with van der Waals surface area (Å²) in [6.07, 6.45) is 56.9. The van der Waals surface area contributed by atoms with Crippen molar-refractivity contribution in [2.75, 3.05) is 39.6 Å². The molecule has 0 aromatic rings. The molecule has 94 heavy (non-hydrogen) atoms. The maximum absolute atomic E-state index is 13.1. The minimum atomic E-state index is -4.96. The number of carbonyl (C=O) groups is 4. The first-order valence-corrected chi connectivity index (χ1v) is 42.2. The maximum atomic E-state index is 13.1. The number of hydrogen-bond acceptors (Lipinski definition) is 15. The molecule has 0 aliphatic heterocycles. The van der Waals surface area contributed by atoms with Crippen molar-refractivity contribution in [1.82, 2.24) is 0 Å². The van der Waals surface area contributed by atoms with E-state index < -0.39 is 97.5 Å². The molecular formula is C75H146O17P2. The summed E-state index contributed by atoms with van der Waals surface area (Å²) in [7, 11) is -9.90. The minimum absolute atomic E-state index is 0.107. The Bertz CT molecular complexity index is 1810. The number of hydrogen-bond donors (Lipinski definition) is 3. The highest BCUT2D eigenvalue weighted by Crippen LogP contribution is 2.45. The van der Waals surface area contributed by atoms with Gasteiger partial charge in [-0.25, -0.2) is 9.13 Å². The van der Waals surface area contributed by atoms with E-state index in [0.29, 0.717) is 25.7 Å². The summed E-state index contributed by atoms with van der Waals surface area (Å²) in [6.45, 7) is 7.30. The predicted octanol–water partition coefficient (Wildman–Crippen LogP) is 22.1. The lowest BCUT2D eigenvalue weighted by atomic mass is 9.99. The van der Waals surface area contributed by atoms with Gasteiger partial charge in [0, 0.05) is 25.7 Å². The molecule has 3 unspecified atom stereocenters. The summed E-state index contributed by atoms with van der Waals surface area (Å²) in [5.74, 6) is -1.27. The van der Waals surface area contributed by atoms with Gasteiger partial charge in [-0.3, -0.25) is 37.3 Å². The van der Waals surface area contributed by atoms with Crippen LogP contribution in [0.25, 0.3) is 0 Å². The third-order valence-electron chi connectivity index (χ3n) is 17.9. The van der Waals surface area contributed by atoms with Crippen molar-refractivity contribution in [3.05, 3.63) is 0 Å². The number of phosphoric acid groups is 2. The van der Waals surface area contributed by atoms with E-state index in [2.05, 4.69) is 34.6 Å². The Labute approximate surface area is 575 Å². The third-order valence-corrected chi connectivity index (χ3v) is 19.8. The molecule has 0 saturated heterocycles. The van der Waals surface area contributed by atoms with Crippen LogP contribution in [-0.4, -0.2) is 96.7 Å². The fourth-order valence-corrected chi connectivity index (χ4v) is 13.1. The second-order valence-electron chi connectivity index (χ2n) is 27.3. The molecule has 0 radical (unpaired) electrons. The van der Waals surface area contributed by atoms with Crippen LogP contribution in [0.15, 0.2) is 0 Å². The number of carbonyl (C=O) groups excluding carboxylic acids is 4. The van der Waals surface area contributed by atoms with Crippen molar-refractivity contribution in [2.24, 2.45) is 5.92 Å². The van der Waals surface area contributed by atoms with Crippen LogP contribution in [0.3, 0.4) is 0 Å². The molecule has 0 aromatic carbocycles. The molecule has 3 N–H and O–H groups in total. The highest BCUT2D eigenvalue weighted by molar-refractivity contribution is 7.47. The van der Waals surface area contributed by atoms with Crippen LogP contribution in [-0.2, 0) is 65.4 Å². The highest BCUT2D eigenvalue weighted by atomic mass is 31.2. The molecule has 558 valence electrons. The number of aliphatic hydroxyl groups excluding tert-OH is 1. The Kier molecular flexibility index (Phi) is 66.8. The van der Waals surface area contributed by atoms with E-state index in [-0.39, 0.29) is 25.7 Å². The maximum Gasteiger partial charge on any atom is 0.472 e. The van der Waals surface area contributed by atoms with Crippen molar-refractivity contribution in [1.29, 1.82) is 0 Å². The van der Waals surface area contributed by atoms with E-state index in [9.17, 15) is 43.2 Å². The Morgan fingerprint density at radius 1 is 0.298 bits per heavy atom. The van der Waals surface area contributed by atoms with Crippen molar-refractivity contribution in [3.63, 3.8) is 0 Å². The molecule has 0 amide bonds. The van der Waals surface area contributed by atoms with Crippen molar-refractivity contribution >= 4 is 39.5 Å². The summed E-state index contributed by atoms with van der Waals surface area (Å²) in [5.41, 5.74) is 0. The number of aliphatic hydroxyl groups is 1. The van der Waals surface area contributed by atoms with E-state index in [1.807, 2.05) is 0 Å². The molecule has 6 atom stereocenters. The summed E-state index contributed by atoms with van der Waals surface area (Å²) >= 11 is 0. The van der Waals surface area contributed by atoms with Gasteiger partial charge in [0.15, 0.2) is 12.2 Å². The van der Waals surface area contributed by atoms with E-state index in [1.54, 1.807) is 0 Å². The Hall–Kier alpha value is -1.94. The van der Waals surface area contributed by atoms with Gasteiger partial charge in [-0.05, 0) is 31.6 Å². The fourth-order valence-electron chi connectivity index (χ4n) is 11.5. The van der Waals surface area contributed by atoms with Crippen molar-refractivity contribution in [3.8, 4) is 0 Å². The average molecular weight is 1380 g/mol. The Morgan fingerprint density at radius 2 is 0.511 bits per heavy atom. The van der Waals surface area contributed by atoms with Crippen LogP contribution in [0.5, 0.6) is 0 Å². The van der Waals surface area contributed by atoms with E-state index >= 15 is 0 Å². The molecule has 17 nitrogen and oxygen atoms in total. The summed E-state index contributed by atoms with van der Waals surface area (Å²) < 4.78 is 68.4. The van der Waals surface area contributed by atoms with Gasteiger partial charge in [0.25, 0.3) is 0 Å². The van der Waals surface area contributed by atoms with Gasteiger partial charge in [-0.2, -0.15) is 0 Å². The van der Waals surface area contributed by atoms with Crippen LogP contribution in [0, 0.1) is 5.92 Å². The molecule has 0 spiro atoms. The van der Waals surface area contributed by atoms with Gasteiger partial charge in [-0.15, -0.1) is 0 Å². The van der Waals surface area contributed by atoms with Gasteiger partial charge in [-0.1, -0.05) is 343 Å². The van der Waals surface area contributed by atoms with Crippen LogP contribution in [0.4, 0.5) is 0 Å². The normalized spacial score (nSPS) is 14.3. The summed E-state index contributed by atoms with van der Waals surface area (Å²) in [5, 5.41) is 10.6. The lowest BCUT2D eigenvalue weighted by Crippen LogP contribution is -2.30. The zero-order valence-electron chi connectivity index (χ0n) is 61.1. The molecule has 19 heteroatoms. The Morgan fingerprint density at radius 3 is 0.755 bits per heavy atom. The fraction of sp³-hybridized carbons (Fsp3) is 0.947. The lowest BCUT2D eigenvalue weighted by molar-refractivity contribution is -0.161. The molecular weight excluding hydrogens is 1230 g/mol. The molecule has 0 rings (SSSR count). The standard InChI is InChI=1S/C75H146O17P2/c1-6-10-13-16-19-22-24-25-26-27-28-29-33-36-40-44-49-54-59-73(78)86-65-71(92-75(80)61-56-51-46-41-37-34-31-30-32-35-38-42-47-52-57-68(5)9-4)67-90-94(83,84)88-63-69(76)62-87-93(81,82)89-66-70(64-85-72(77)58-53-48-43-21-18-15-12-8-3)91-74(79)60-55-50-45-39-23-20-17-14-11-7-2/h68-71,76H,6-67H2,1-5H3,(H,81,82)(H,83,84)/t68?,69-,70+,71+/m0/s1. The van der Waals surface area contributed by atoms with Crippen LogP contribution < -0.4 is 0 Å². The van der Waals surface area contributed by atoms with E-state index in [0.717, 1.165) is 102 Å². The average Bonchev–Trinajstić information content (AvgIpc) is 1.66. The van der Waals surface area contributed by atoms with Crippen molar-refractivity contribution < 1.29 is 80.2 Å². The molecule has 0 bridgehead atoms. The second-order valence-corrected chi connectivity index (χ2v) is 30.2. The summed E-state index contributed by atoms with van der Waals surface area (Å²) in [4.78, 5) is 72.6. The first-order chi connectivity index (χ1) is 45.6. The zero-order chi connectivity index (χ0) is 69.1. The van der Waals surface area contributed by atoms with Gasteiger partial charge >= 0.3 is 39.5 Å². The SMILES string of the molecule is CCCCCCCCCCCCCCCCCCCCC(=O)OC[C@H](COP(=O)(O)OC[C@@H](O)COP(=O)(O)OC[C@@H](COC(=O)CCCCCCCCCC)OC(=O)CCCCCCCCCCCC)OC(=O)CCCCCCCCCCCCCCCCC(C)CC. The monoisotopic (exact) mass is 1380 g/mol. The number of phosphoric ester groups is 2. The molecule has 0 fully saturated rings. The molecule has 0 saturated carbocycles. The number of esters is 4. The molecule has 0 aliphatic rings. The van der Waals surface area contributed by atoms with Crippen LogP contribution in [0.1, 0.15) is 394 Å². The molecule has 0 aromatic heterocycles. The topological polar surface area (TPSA) is 237 Å². The molecule has 0 heterocycles. The number of ether oxygens (including phenoxy) is 4. The van der Waals surface area contributed by atoms with Gasteiger partial charge < -0.3 is 33.8 Å². The first-order valence-electron chi connectivity index (χ1n) is 39.2. The first kappa shape index (κ1) is 92.1. The van der Waals surface area contributed by atoms with E-state index in [1.165, 1.54) is 212 Å². The minimum Gasteiger partial charge on any atom is -0.462 e. The second kappa shape index (κ2) is 68.2. The smallest absolute Gasteiger partial charge is 0.462 e. The quantitative estimate of drug-likeness (QED) is 0.0222. The van der Waals surface area contributed by atoms with Gasteiger partial charge in [0.2, 0.25) is 0 Å². The van der Waals surface area contributed by atoms with E-state index in [4.69, 9.17) is 37.0 Å². The van der Waals surface area contributed by atoms with Crippen molar-refractivity contribution in [2.45, 2.75) is 412 Å². The predicted molar refractivity (Wildman–Crippen MR) is 382 cm³/mol. The zero-order valence-corrected chi connectivity index (χ0v) is 62.9.